The average molecular weight is 177 g/mol. The van der Waals surface area contributed by atoms with Gasteiger partial charge in [0.25, 0.3) is 0 Å². The monoisotopic (exact) mass is 177 g/mol. The molecule has 0 amide bonds. The Morgan fingerprint density at radius 2 is 2.00 bits per heavy atom. The molecule has 5 heteroatoms. The van der Waals surface area contributed by atoms with E-state index in [1.165, 1.54) is 0 Å². The van der Waals surface area contributed by atoms with Gasteiger partial charge in [0.1, 0.15) is 10.5 Å². The topological polar surface area (TPSA) is 61.6 Å². The SMILES string of the molecule is NCC(=O)OCCCCO[SiH3]. The van der Waals surface area contributed by atoms with E-state index in [1.54, 1.807) is 0 Å². The molecule has 0 atom stereocenters. The van der Waals surface area contributed by atoms with Crippen LogP contribution < -0.4 is 5.73 Å². The lowest BCUT2D eigenvalue weighted by Gasteiger charge is -2.01. The highest BCUT2D eigenvalue weighted by molar-refractivity contribution is 5.97. The molecule has 0 aliphatic carbocycles. The lowest BCUT2D eigenvalue weighted by Crippen LogP contribution is -2.17. The van der Waals surface area contributed by atoms with Crippen molar-refractivity contribution in [2.45, 2.75) is 12.8 Å². The van der Waals surface area contributed by atoms with Gasteiger partial charge >= 0.3 is 5.97 Å². The van der Waals surface area contributed by atoms with Gasteiger partial charge in [-0.05, 0) is 12.8 Å². The summed E-state index contributed by atoms with van der Waals surface area (Å²) in [6, 6.07) is 0. The number of unbranched alkanes of at least 4 members (excludes halogenated alkanes) is 1. The zero-order valence-corrected chi connectivity index (χ0v) is 8.84. The molecular formula is C6H15NO3Si. The molecular weight excluding hydrogens is 162 g/mol. The molecule has 2 N–H and O–H groups in total. The van der Waals surface area contributed by atoms with Gasteiger partial charge in [-0.2, -0.15) is 0 Å². The minimum atomic E-state index is -0.336. The van der Waals surface area contributed by atoms with Crippen LogP contribution in [0.3, 0.4) is 0 Å². The molecule has 66 valence electrons. The maximum atomic E-state index is 10.5. The van der Waals surface area contributed by atoms with Crippen molar-refractivity contribution >= 4 is 16.5 Å². The number of carbonyl (C=O) groups is 1. The summed E-state index contributed by atoms with van der Waals surface area (Å²) in [5.74, 6) is -0.336. The average Bonchev–Trinajstić information content (AvgIpc) is 2.04. The number of nitrogens with two attached hydrogens (primary N) is 1. The Hall–Kier alpha value is -0.393. The van der Waals surface area contributed by atoms with E-state index in [0.717, 1.165) is 29.9 Å². The first-order chi connectivity index (χ1) is 5.31. The van der Waals surface area contributed by atoms with Gasteiger partial charge in [0, 0.05) is 6.61 Å². The number of rotatable bonds is 6. The molecule has 0 radical (unpaired) electrons. The number of ether oxygens (including phenoxy) is 1. The fraction of sp³-hybridized carbons (Fsp3) is 0.833. The largest absolute Gasteiger partial charge is 0.465 e. The number of carbonyl (C=O) groups excluding carboxylic acids is 1. The maximum Gasteiger partial charge on any atom is 0.319 e. The number of esters is 1. The van der Waals surface area contributed by atoms with Gasteiger partial charge < -0.3 is 14.9 Å². The number of hydrogen-bond acceptors (Lipinski definition) is 4. The summed E-state index contributed by atoms with van der Waals surface area (Å²) in [6.45, 7) is 1.20. The van der Waals surface area contributed by atoms with Crippen LogP contribution in [0.4, 0.5) is 0 Å². The van der Waals surface area contributed by atoms with Gasteiger partial charge in [-0.1, -0.05) is 0 Å². The first-order valence-corrected chi connectivity index (χ1v) is 4.47. The third kappa shape index (κ3) is 7.50. The van der Waals surface area contributed by atoms with Crippen molar-refractivity contribution in [3.63, 3.8) is 0 Å². The Balaban J connectivity index is 2.95. The predicted octanol–water partition coefficient (Wildman–Crippen LogP) is -1.43. The second-order valence-corrected chi connectivity index (χ2v) is 2.70. The van der Waals surface area contributed by atoms with E-state index in [2.05, 4.69) is 0 Å². The molecule has 0 heterocycles. The summed E-state index contributed by atoms with van der Waals surface area (Å²) >= 11 is 0. The fourth-order valence-corrected chi connectivity index (χ4v) is 0.882. The number of hydrogen-bond donors (Lipinski definition) is 1. The molecule has 0 spiro atoms. The summed E-state index contributed by atoms with van der Waals surface area (Å²) < 4.78 is 9.68. The normalized spacial score (nSPS) is 9.91. The van der Waals surface area contributed by atoms with Crippen molar-refractivity contribution in [3.8, 4) is 0 Å². The van der Waals surface area contributed by atoms with Crippen LogP contribution in [0.5, 0.6) is 0 Å². The summed E-state index contributed by atoms with van der Waals surface area (Å²) in [5.41, 5.74) is 5.02. The van der Waals surface area contributed by atoms with Crippen LogP contribution in [-0.4, -0.2) is 36.2 Å². The molecule has 0 unspecified atom stereocenters. The highest BCUT2D eigenvalue weighted by Crippen LogP contribution is 1.89. The fourth-order valence-electron chi connectivity index (χ4n) is 0.593. The maximum absolute atomic E-state index is 10.5. The van der Waals surface area contributed by atoms with Crippen molar-refractivity contribution in [2.24, 2.45) is 5.73 Å². The summed E-state index contributed by atoms with van der Waals surface area (Å²) in [7, 11) is 0.777. The summed E-state index contributed by atoms with van der Waals surface area (Å²) in [5, 5.41) is 0. The third-order valence-electron chi connectivity index (χ3n) is 1.17. The van der Waals surface area contributed by atoms with Gasteiger partial charge in [-0.25, -0.2) is 0 Å². The Morgan fingerprint density at radius 1 is 1.36 bits per heavy atom. The van der Waals surface area contributed by atoms with Crippen LogP contribution in [0, 0.1) is 0 Å². The first-order valence-electron chi connectivity index (χ1n) is 3.66. The molecule has 0 aromatic carbocycles. The van der Waals surface area contributed by atoms with Gasteiger partial charge in [0.15, 0.2) is 0 Å². The van der Waals surface area contributed by atoms with Crippen molar-refractivity contribution in [2.75, 3.05) is 19.8 Å². The highest BCUT2D eigenvalue weighted by Gasteiger charge is 1.96. The standard InChI is InChI=1S/C6H15NO3Si/c7-5-6(8)9-3-1-2-4-10-11/h1-5,7H2,11H3. The molecule has 0 aromatic rings. The second-order valence-electron chi connectivity index (χ2n) is 2.12. The Labute approximate surface area is 69.6 Å². The Kier molecular flexibility index (Phi) is 7.44. The quantitative estimate of drug-likeness (QED) is 0.307. The minimum absolute atomic E-state index is 0.0306. The lowest BCUT2D eigenvalue weighted by atomic mass is 10.3. The first kappa shape index (κ1) is 10.6. The van der Waals surface area contributed by atoms with Crippen molar-refractivity contribution in [3.05, 3.63) is 0 Å². The highest BCUT2D eigenvalue weighted by atomic mass is 28.2. The third-order valence-corrected chi connectivity index (χ3v) is 1.58. The van der Waals surface area contributed by atoms with Crippen molar-refractivity contribution < 1.29 is 14.0 Å². The van der Waals surface area contributed by atoms with Crippen LogP contribution in [0.2, 0.25) is 0 Å². The van der Waals surface area contributed by atoms with Crippen LogP contribution in [0.1, 0.15) is 12.8 Å². The van der Waals surface area contributed by atoms with E-state index in [9.17, 15) is 4.79 Å². The van der Waals surface area contributed by atoms with Gasteiger partial charge in [-0.3, -0.25) is 4.79 Å². The molecule has 0 aliphatic rings. The zero-order chi connectivity index (χ0) is 8.53. The Morgan fingerprint density at radius 3 is 2.55 bits per heavy atom. The van der Waals surface area contributed by atoms with E-state index in [0.29, 0.717) is 6.61 Å². The molecule has 0 aliphatic heterocycles. The minimum Gasteiger partial charge on any atom is -0.465 e. The Bertz CT molecular complexity index is 110. The van der Waals surface area contributed by atoms with Crippen LogP contribution in [0.25, 0.3) is 0 Å². The molecule has 0 bridgehead atoms. The van der Waals surface area contributed by atoms with E-state index < -0.39 is 0 Å². The lowest BCUT2D eigenvalue weighted by molar-refractivity contribution is -0.142. The molecule has 11 heavy (non-hydrogen) atoms. The van der Waals surface area contributed by atoms with Crippen molar-refractivity contribution in [1.29, 1.82) is 0 Å². The van der Waals surface area contributed by atoms with Crippen LogP contribution in [0.15, 0.2) is 0 Å². The zero-order valence-electron chi connectivity index (χ0n) is 6.84. The van der Waals surface area contributed by atoms with Gasteiger partial charge in [0.2, 0.25) is 0 Å². The summed E-state index contributed by atoms with van der Waals surface area (Å²) in [6.07, 6.45) is 1.80. The van der Waals surface area contributed by atoms with Crippen LogP contribution in [-0.2, 0) is 14.0 Å². The van der Waals surface area contributed by atoms with E-state index >= 15 is 0 Å². The van der Waals surface area contributed by atoms with Gasteiger partial charge in [-0.15, -0.1) is 0 Å². The second kappa shape index (κ2) is 7.71. The molecule has 0 fully saturated rings. The van der Waals surface area contributed by atoms with E-state index in [-0.39, 0.29) is 12.5 Å². The molecule has 0 rings (SSSR count). The molecule has 0 aromatic heterocycles. The summed E-state index contributed by atoms with van der Waals surface area (Å²) in [4.78, 5) is 10.5. The molecule has 0 saturated carbocycles. The van der Waals surface area contributed by atoms with E-state index in [1.807, 2.05) is 0 Å². The van der Waals surface area contributed by atoms with Gasteiger partial charge in [0.05, 0.1) is 13.2 Å². The smallest absolute Gasteiger partial charge is 0.319 e. The van der Waals surface area contributed by atoms with E-state index in [4.69, 9.17) is 14.9 Å². The van der Waals surface area contributed by atoms with Crippen LogP contribution >= 0.6 is 0 Å². The molecule has 0 saturated heterocycles. The molecule has 4 nitrogen and oxygen atoms in total. The predicted molar refractivity (Wildman–Crippen MR) is 45.1 cm³/mol. The van der Waals surface area contributed by atoms with Crippen molar-refractivity contribution in [1.82, 2.24) is 0 Å².